The first-order valence-corrected chi connectivity index (χ1v) is 11.1. The van der Waals surface area contributed by atoms with Gasteiger partial charge in [0.2, 0.25) is 15.9 Å². The van der Waals surface area contributed by atoms with Crippen molar-refractivity contribution in [3.63, 3.8) is 0 Å². The molecule has 1 fully saturated rings. The average molecular weight is 396 g/mol. The van der Waals surface area contributed by atoms with Crippen molar-refractivity contribution >= 4 is 15.9 Å². The standard InChI is InChI=1S/C20H29NO5S/c1-20(2)25-15-17(19(26-20)16-11-8-6-9-12-16)13-7-4-5-10-14-18(22)21-27(3,23)24/h4,6-9,11-12,17,19H,5,10,13-15H2,1-3H3,(H,21,22)/t17-,19-/m1/s1. The van der Waals surface area contributed by atoms with Gasteiger partial charge >= 0.3 is 0 Å². The van der Waals surface area contributed by atoms with E-state index in [4.69, 9.17) is 9.47 Å². The summed E-state index contributed by atoms with van der Waals surface area (Å²) in [6.07, 6.45) is 7.37. The SMILES string of the molecule is CC1(C)OC[C@@H](CC=CCCCC(=O)NS(C)(=O)=O)[C@@H](c2ccccc2)O1. The van der Waals surface area contributed by atoms with E-state index in [1.807, 2.05) is 42.8 Å². The number of carbonyl (C=O) groups excluding carboxylic acids is 1. The van der Waals surface area contributed by atoms with Crippen LogP contribution in [0.1, 0.15) is 51.2 Å². The van der Waals surface area contributed by atoms with Gasteiger partial charge in [-0.2, -0.15) is 0 Å². The number of unbranched alkanes of at least 4 members (excludes halogenated alkanes) is 1. The molecule has 1 aromatic carbocycles. The van der Waals surface area contributed by atoms with Crippen LogP contribution >= 0.6 is 0 Å². The number of benzene rings is 1. The molecule has 0 radical (unpaired) electrons. The molecule has 6 nitrogen and oxygen atoms in total. The largest absolute Gasteiger partial charge is 0.350 e. The molecule has 1 aliphatic heterocycles. The molecule has 150 valence electrons. The third-order valence-corrected chi connectivity index (χ3v) is 4.89. The highest BCUT2D eigenvalue weighted by atomic mass is 32.2. The lowest BCUT2D eigenvalue weighted by Crippen LogP contribution is -2.41. The molecule has 1 saturated heterocycles. The van der Waals surface area contributed by atoms with Crippen LogP contribution in [0.25, 0.3) is 0 Å². The molecule has 0 aliphatic carbocycles. The van der Waals surface area contributed by atoms with E-state index < -0.39 is 21.7 Å². The van der Waals surface area contributed by atoms with Crippen LogP contribution in [0.4, 0.5) is 0 Å². The van der Waals surface area contributed by atoms with E-state index in [0.717, 1.165) is 18.2 Å². The minimum absolute atomic E-state index is 0.0276. The maximum Gasteiger partial charge on any atom is 0.233 e. The zero-order valence-electron chi connectivity index (χ0n) is 16.2. The maximum atomic E-state index is 11.5. The molecule has 0 aromatic heterocycles. The van der Waals surface area contributed by atoms with Crippen LogP contribution in [-0.4, -0.2) is 33.0 Å². The Kier molecular flexibility index (Phi) is 7.59. The van der Waals surface area contributed by atoms with E-state index in [1.54, 1.807) is 0 Å². The molecule has 7 heteroatoms. The summed E-state index contributed by atoms with van der Waals surface area (Å²) in [6.45, 7) is 4.47. The Labute approximate surface area is 162 Å². The second kappa shape index (κ2) is 9.48. The molecule has 2 atom stereocenters. The lowest BCUT2D eigenvalue weighted by atomic mass is 9.91. The summed E-state index contributed by atoms with van der Waals surface area (Å²) in [5, 5.41) is 0. The fraction of sp³-hybridized carbons (Fsp3) is 0.550. The summed E-state index contributed by atoms with van der Waals surface area (Å²) in [5.74, 6) is -0.857. The number of amides is 1. The second-order valence-corrected chi connectivity index (χ2v) is 9.07. The quantitative estimate of drug-likeness (QED) is 0.539. The summed E-state index contributed by atoms with van der Waals surface area (Å²) in [6, 6.07) is 10.2. The van der Waals surface area contributed by atoms with Crippen LogP contribution in [0.5, 0.6) is 0 Å². The fourth-order valence-corrected chi connectivity index (χ4v) is 3.55. The van der Waals surface area contributed by atoms with Crippen molar-refractivity contribution in [1.82, 2.24) is 4.72 Å². The first-order chi connectivity index (χ1) is 12.7. The fourth-order valence-electron chi connectivity index (χ4n) is 3.03. The number of carbonyl (C=O) groups is 1. The van der Waals surface area contributed by atoms with Crippen molar-refractivity contribution in [2.45, 2.75) is 51.4 Å². The minimum atomic E-state index is -3.47. The Hall–Kier alpha value is -1.70. The Morgan fingerprint density at radius 3 is 2.63 bits per heavy atom. The number of ether oxygens (including phenoxy) is 2. The van der Waals surface area contributed by atoms with Crippen molar-refractivity contribution in [1.29, 1.82) is 0 Å². The molecule has 1 aliphatic rings. The number of hydrogen-bond donors (Lipinski definition) is 1. The van der Waals surface area contributed by atoms with Crippen molar-refractivity contribution in [2.75, 3.05) is 12.9 Å². The number of rotatable bonds is 8. The van der Waals surface area contributed by atoms with Crippen LogP contribution in [0, 0.1) is 5.92 Å². The first kappa shape index (κ1) is 21.6. The Morgan fingerprint density at radius 2 is 1.96 bits per heavy atom. The van der Waals surface area contributed by atoms with E-state index in [1.165, 1.54) is 0 Å². The molecule has 0 saturated carbocycles. The van der Waals surface area contributed by atoms with Gasteiger partial charge in [-0.1, -0.05) is 42.5 Å². The summed E-state index contributed by atoms with van der Waals surface area (Å²) in [7, 11) is -3.47. The number of nitrogens with one attached hydrogen (secondary N) is 1. The smallest absolute Gasteiger partial charge is 0.233 e. The summed E-state index contributed by atoms with van der Waals surface area (Å²) in [5.41, 5.74) is 1.14. The maximum absolute atomic E-state index is 11.5. The highest BCUT2D eigenvalue weighted by Crippen LogP contribution is 2.38. The van der Waals surface area contributed by atoms with Crippen LogP contribution in [0.3, 0.4) is 0 Å². The lowest BCUT2D eigenvalue weighted by molar-refractivity contribution is -0.295. The molecular weight excluding hydrogens is 366 g/mol. The molecule has 2 rings (SSSR count). The molecular formula is C20H29NO5S. The second-order valence-electron chi connectivity index (χ2n) is 7.32. The topological polar surface area (TPSA) is 81.7 Å². The highest BCUT2D eigenvalue weighted by Gasteiger charge is 2.36. The summed E-state index contributed by atoms with van der Waals surface area (Å²) in [4.78, 5) is 11.5. The van der Waals surface area contributed by atoms with Gasteiger partial charge in [0.1, 0.15) is 0 Å². The predicted octanol–water partition coefficient (Wildman–Crippen LogP) is 3.32. The van der Waals surface area contributed by atoms with E-state index in [0.29, 0.717) is 19.4 Å². The average Bonchev–Trinajstić information content (AvgIpc) is 2.58. The first-order valence-electron chi connectivity index (χ1n) is 9.19. The van der Waals surface area contributed by atoms with E-state index in [-0.39, 0.29) is 18.4 Å². The summed E-state index contributed by atoms with van der Waals surface area (Å²) >= 11 is 0. The normalized spacial score (nSPS) is 22.6. The van der Waals surface area contributed by atoms with Crippen molar-refractivity contribution in [2.24, 2.45) is 5.92 Å². The van der Waals surface area contributed by atoms with Gasteiger partial charge in [0.05, 0.1) is 19.0 Å². The molecule has 0 spiro atoms. The van der Waals surface area contributed by atoms with Crippen molar-refractivity contribution in [3.05, 3.63) is 48.0 Å². The van der Waals surface area contributed by atoms with Gasteiger partial charge in [-0.15, -0.1) is 0 Å². The van der Waals surface area contributed by atoms with Gasteiger partial charge in [-0.05, 0) is 38.7 Å². The lowest BCUT2D eigenvalue weighted by Gasteiger charge is -2.41. The van der Waals surface area contributed by atoms with Gasteiger partial charge in [0, 0.05) is 12.3 Å². The Balaban J connectivity index is 1.82. The van der Waals surface area contributed by atoms with E-state index >= 15 is 0 Å². The molecule has 1 aromatic rings. The third kappa shape index (κ3) is 7.82. The summed E-state index contributed by atoms with van der Waals surface area (Å²) < 4.78 is 35.9. The Bertz CT molecular complexity index is 743. The van der Waals surface area contributed by atoms with Gasteiger partial charge < -0.3 is 9.47 Å². The van der Waals surface area contributed by atoms with Gasteiger partial charge in [-0.3, -0.25) is 9.52 Å². The monoisotopic (exact) mass is 395 g/mol. The zero-order valence-corrected chi connectivity index (χ0v) is 17.0. The highest BCUT2D eigenvalue weighted by molar-refractivity contribution is 7.89. The van der Waals surface area contributed by atoms with Crippen LogP contribution in [0.2, 0.25) is 0 Å². The van der Waals surface area contributed by atoms with E-state index in [2.05, 4.69) is 18.2 Å². The van der Waals surface area contributed by atoms with Gasteiger partial charge in [-0.25, -0.2) is 8.42 Å². The molecule has 1 amide bonds. The van der Waals surface area contributed by atoms with Crippen molar-refractivity contribution < 1.29 is 22.7 Å². The molecule has 1 heterocycles. The number of hydrogen-bond acceptors (Lipinski definition) is 5. The Morgan fingerprint density at radius 1 is 1.26 bits per heavy atom. The number of sulfonamides is 1. The molecule has 27 heavy (non-hydrogen) atoms. The van der Waals surface area contributed by atoms with Crippen LogP contribution < -0.4 is 4.72 Å². The third-order valence-electron chi connectivity index (χ3n) is 4.29. The molecule has 0 unspecified atom stereocenters. The van der Waals surface area contributed by atoms with Gasteiger partial charge in [0.15, 0.2) is 5.79 Å². The predicted molar refractivity (Wildman–Crippen MR) is 104 cm³/mol. The van der Waals surface area contributed by atoms with Crippen LogP contribution in [0.15, 0.2) is 42.5 Å². The van der Waals surface area contributed by atoms with E-state index in [9.17, 15) is 13.2 Å². The van der Waals surface area contributed by atoms with Gasteiger partial charge in [0.25, 0.3) is 0 Å². The molecule has 0 bridgehead atoms. The van der Waals surface area contributed by atoms with Crippen molar-refractivity contribution in [3.8, 4) is 0 Å². The minimum Gasteiger partial charge on any atom is -0.350 e. The molecule has 1 N–H and O–H groups in total. The number of allylic oxidation sites excluding steroid dienone is 2. The van der Waals surface area contributed by atoms with Crippen LogP contribution in [-0.2, 0) is 24.3 Å². The zero-order chi connectivity index (χ0) is 19.9.